The van der Waals surface area contributed by atoms with Gasteiger partial charge < -0.3 is 0 Å². The van der Waals surface area contributed by atoms with Crippen molar-refractivity contribution in [2.75, 3.05) is 0 Å². The first-order chi connectivity index (χ1) is 7.65. The number of rotatable bonds is 1. The van der Waals surface area contributed by atoms with Gasteiger partial charge in [0.1, 0.15) is 6.17 Å². The van der Waals surface area contributed by atoms with Gasteiger partial charge in [-0.15, -0.1) is 0 Å². The topological polar surface area (TPSA) is 17.1 Å². The van der Waals surface area contributed by atoms with Gasteiger partial charge in [0.05, 0.1) is 0 Å². The largest absolute Gasteiger partial charge is 0.295 e. The first-order valence-electron chi connectivity index (χ1n) is 5.59. The van der Waals surface area contributed by atoms with Crippen LogP contribution in [0.25, 0.3) is 6.08 Å². The summed E-state index contributed by atoms with van der Waals surface area (Å²) in [6.07, 6.45) is 1.96. The summed E-state index contributed by atoms with van der Waals surface area (Å²) in [5.41, 5.74) is 2.78. The van der Waals surface area contributed by atoms with E-state index in [1.54, 1.807) is 0 Å². The summed E-state index contributed by atoms with van der Waals surface area (Å²) in [5.74, 6) is 0.0921. The molecule has 1 fully saturated rings. The van der Waals surface area contributed by atoms with Crippen molar-refractivity contribution >= 4 is 11.9 Å². The number of benzene rings is 1. The Bertz CT molecular complexity index is 417. The number of hydrogen-bond donors (Lipinski definition) is 0. The van der Waals surface area contributed by atoms with Gasteiger partial charge in [0.25, 0.3) is 0 Å². The number of aryl methyl sites for hydroxylation is 1. The molecule has 2 heteroatoms. The fourth-order valence-corrected chi connectivity index (χ4v) is 1.91. The van der Waals surface area contributed by atoms with E-state index in [-0.39, 0.29) is 12.2 Å². The summed E-state index contributed by atoms with van der Waals surface area (Å²) in [5, 5.41) is 0. The smallest absolute Gasteiger partial charge is 0.159 e. The van der Waals surface area contributed by atoms with Crippen LogP contribution >= 0.6 is 0 Å². The monoisotopic (exact) mass is 218 g/mol. The predicted octanol–water partition coefficient (Wildman–Crippen LogP) is 3.47. The van der Waals surface area contributed by atoms with Gasteiger partial charge in [0.15, 0.2) is 5.78 Å². The second-order valence-electron chi connectivity index (χ2n) is 4.34. The molecular weight excluding hydrogens is 203 g/mol. The minimum atomic E-state index is -0.852. The van der Waals surface area contributed by atoms with E-state index in [0.29, 0.717) is 18.4 Å². The number of ketones is 1. The molecule has 0 amide bonds. The van der Waals surface area contributed by atoms with Crippen LogP contribution < -0.4 is 0 Å². The Morgan fingerprint density at radius 3 is 2.69 bits per heavy atom. The number of Topliss-reactive ketones (excluding diaryl/α,β-unsaturated/α-hetero) is 1. The first-order valence-corrected chi connectivity index (χ1v) is 5.59. The van der Waals surface area contributed by atoms with Gasteiger partial charge >= 0.3 is 0 Å². The molecule has 16 heavy (non-hydrogen) atoms. The lowest BCUT2D eigenvalue weighted by atomic mass is 9.91. The lowest BCUT2D eigenvalue weighted by Gasteiger charge is -2.16. The molecule has 1 nitrogen and oxygen atoms in total. The second-order valence-corrected chi connectivity index (χ2v) is 4.34. The summed E-state index contributed by atoms with van der Waals surface area (Å²) in [6, 6.07) is 7.90. The molecule has 0 aromatic heterocycles. The highest BCUT2D eigenvalue weighted by Crippen LogP contribution is 2.24. The highest BCUT2D eigenvalue weighted by molar-refractivity contribution is 6.00. The van der Waals surface area contributed by atoms with Crippen LogP contribution in [-0.2, 0) is 4.79 Å². The molecule has 0 heterocycles. The van der Waals surface area contributed by atoms with Crippen molar-refractivity contribution in [2.45, 2.75) is 32.4 Å². The minimum Gasteiger partial charge on any atom is -0.295 e. The zero-order valence-electron chi connectivity index (χ0n) is 9.37. The van der Waals surface area contributed by atoms with E-state index in [2.05, 4.69) is 0 Å². The zero-order chi connectivity index (χ0) is 11.5. The van der Waals surface area contributed by atoms with E-state index in [1.807, 2.05) is 37.3 Å². The predicted molar refractivity (Wildman–Crippen MR) is 62.9 cm³/mol. The van der Waals surface area contributed by atoms with E-state index in [4.69, 9.17) is 0 Å². The maximum atomic E-state index is 13.2. The number of halogens is 1. The number of alkyl halides is 1. The quantitative estimate of drug-likeness (QED) is 0.660. The van der Waals surface area contributed by atoms with Crippen molar-refractivity contribution in [3.05, 3.63) is 41.0 Å². The van der Waals surface area contributed by atoms with Crippen molar-refractivity contribution in [1.82, 2.24) is 0 Å². The molecule has 0 radical (unpaired) electrons. The van der Waals surface area contributed by atoms with Crippen LogP contribution in [0.4, 0.5) is 4.39 Å². The Labute approximate surface area is 95.0 Å². The van der Waals surface area contributed by atoms with Crippen LogP contribution in [0, 0.1) is 6.92 Å². The van der Waals surface area contributed by atoms with Crippen LogP contribution in [-0.4, -0.2) is 12.0 Å². The molecule has 0 bridgehead atoms. The Morgan fingerprint density at radius 2 is 2.00 bits per heavy atom. The molecule has 0 aliphatic heterocycles. The summed E-state index contributed by atoms with van der Waals surface area (Å²) in [7, 11) is 0. The summed E-state index contributed by atoms with van der Waals surface area (Å²) < 4.78 is 13.2. The standard InChI is InChI=1S/C14H15FO/c1-10-2-4-11(5-3-10)8-12-9-13(15)6-7-14(12)16/h2-5,8,13H,6-7,9H2,1H3/b12-8-. The van der Waals surface area contributed by atoms with Crippen molar-refractivity contribution in [3.8, 4) is 0 Å². The van der Waals surface area contributed by atoms with Crippen LogP contribution in [0.2, 0.25) is 0 Å². The third-order valence-corrected chi connectivity index (χ3v) is 2.90. The van der Waals surface area contributed by atoms with E-state index in [9.17, 15) is 9.18 Å². The van der Waals surface area contributed by atoms with Crippen LogP contribution in [0.5, 0.6) is 0 Å². The molecule has 1 aliphatic rings. The number of hydrogen-bond acceptors (Lipinski definition) is 1. The fraction of sp³-hybridized carbons (Fsp3) is 0.357. The molecule has 0 N–H and O–H groups in total. The third-order valence-electron chi connectivity index (χ3n) is 2.90. The van der Waals surface area contributed by atoms with Crippen LogP contribution in [0.15, 0.2) is 29.8 Å². The summed E-state index contributed by atoms with van der Waals surface area (Å²) >= 11 is 0. The second kappa shape index (κ2) is 4.60. The molecule has 0 saturated heterocycles. The number of carbonyl (C=O) groups is 1. The van der Waals surface area contributed by atoms with Gasteiger partial charge in [-0.1, -0.05) is 29.8 Å². The normalized spacial score (nSPS) is 23.8. The first kappa shape index (κ1) is 11.1. The van der Waals surface area contributed by atoms with Gasteiger partial charge in [0.2, 0.25) is 0 Å². The van der Waals surface area contributed by atoms with Crippen molar-refractivity contribution in [2.24, 2.45) is 0 Å². The zero-order valence-corrected chi connectivity index (χ0v) is 9.37. The van der Waals surface area contributed by atoms with Crippen LogP contribution in [0.1, 0.15) is 30.4 Å². The molecule has 2 rings (SSSR count). The van der Waals surface area contributed by atoms with E-state index < -0.39 is 6.17 Å². The lowest BCUT2D eigenvalue weighted by molar-refractivity contribution is -0.117. The minimum absolute atomic E-state index is 0.0921. The third kappa shape index (κ3) is 2.57. The van der Waals surface area contributed by atoms with Gasteiger partial charge in [-0.3, -0.25) is 4.79 Å². The van der Waals surface area contributed by atoms with Crippen molar-refractivity contribution < 1.29 is 9.18 Å². The molecule has 1 atom stereocenters. The number of carbonyl (C=O) groups excluding carboxylic acids is 1. The maximum absolute atomic E-state index is 13.2. The summed E-state index contributed by atoms with van der Waals surface area (Å²) in [4.78, 5) is 11.6. The molecule has 1 aromatic carbocycles. The van der Waals surface area contributed by atoms with Gasteiger partial charge in [-0.2, -0.15) is 0 Å². The van der Waals surface area contributed by atoms with Crippen molar-refractivity contribution in [1.29, 1.82) is 0 Å². The van der Waals surface area contributed by atoms with Gasteiger partial charge in [-0.25, -0.2) is 4.39 Å². The Morgan fingerprint density at radius 1 is 1.31 bits per heavy atom. The molecular formula is C14H15FO. The van der Waals surface area contributed by atoms with Crippen LogP contribution in [0.3, 0.4) is 0 Å². The van der Waals surface area contributed by atoms with Gasteiger partial charge in [0, 0.05) is 12.8 Å². The molecule has 1 aromatic rings. The summed E-state index contributed by atoms with van der Waals surface area (Å²) in [6.45, 7) is 2.01. The maximum Gasteiger partial charge on any atom is 0.159 e. The molecule has 84 valence electrons. The van der Waals surface area contributed by atoms with E-state index in [1.165, 1.54) is 5.56 Å². The highest BCUT2D eigenvalue weighted by Gasteiger charge is 2.22. The molecule has 1 saturated carbocycles. The Hall–Kier alpha value is -1.44. The number of allylic oxidation sites excluding steroid dienone is 1. The molecule has 0 spiro atoms. The average Bonchev–Trinajstić information content (AvgIpc) is 2.27. The fourth-order valence-electron chi connectivity index (χ4n) is 1.91. The Balaban J connectivity index is 2.22. The van der Waals surface area contributed by atoms with Gasteiger partial charge in [-0.05, 0) is 30.6 Å². The SMILES string of the molecule is Cc1ccc(/C=C2/CC(F)CCC2=O)cc1. The lowest BCUT2D eigenvalue weighted by Crippen LogP contribution is -2.17. The van der Waals surface area contributed by atoms with E-state index >= 15 is 0 Å². The molecule has 1 unspecified atom stereocenters. The molecule has 1 aliphatic carbocycles. The Kier molecular flexibility index (Phi) is 3.18. The highest BCUT2D eigenvalue weighted by atomic mass is 19.1. The van der Waals surface area contributed by atoms with E-state index in [0.717, 1.165) is 5.56 Å². The average molecular weight is 218 g/mol. The van der Waals surface area contributed by atoms with Crippen molar-refractivity contribution in [3.63, 3.8) is 0 Å².